The predicted molar refractivity (Wildman–Crippen MR) is 102 cm³/mol. The third-order valence-electron chi connectivity index (χ3n) is 4.19. The second-order valence-corrected chi connectivity index (χ2v) is 8.69. The summed E-state index contributed by atoms with van der Waals surface area (Å²) in [5.41, 5.74) is 1.48. The van der Waals surface area contributed by atoms with Gasteiger partial charge in [-0.2, -0.15) is 0 Å². The number of hydrogen-bond acceptors (Lipinski definition) is 2. The van der Waals surface area contributed by atoms with Crippen LogP contribution in [0.3, 0.4) is 0 Å². The molecule has 144 valence electrons. The second kappa shape index (κ2) is 5.51. The minimum Gasteiger partial charge on any atom is -0.228 e. The Hall–Kier alpha value is -3.00. The van der Waals surface area contributed by atoms with Crippen molar-refractivity contribution in [3.05, 3.63) is 78.9 Å². The molecule has 0 amide bonds. The van der Waals surface area contributed by atoms with Crippen molar-refractivity contribution in [2.45, 2.75) is 4.90 Å². The van der Waals surface area contributed by atoms with E-state index in [9.17, 15) is 19.4 Å². The van der Waals surface area contributed by atoms with Gasteiger partial charge in [0.15, 0.2) is 5.82 Å². The van der Waals surface area contributed by atoms with Crippen LogP contribution in [0.25, 0.3) is 33.5 Å². The van der Waals surface area contributed by atoms with E-state index in [1.165, 1.54) is 0 Å². The molecule has 1 heterocycles. The maximum atomic E-state index is 13.3. The number of benzene rings is 3. The SMILES string of the molecule is FS(F)(F)(F)(F)c1ccc2nc(-c3ccccc3)nc(-c3ccccc3)c2c1. The van der Waals surface area contributed by atoms with Crippen LogP contribution >= 0.6 is 10.2 Å². The topological polar surface area (TPSA) is 25.8 Å². The average Bonchev–Trinajstić information content (AvgIpc) is 2.66. The van der Waals surface area contributed by atoms with Crippen molar-refractivity contribution in [1.82, 2.24) is 9.97 Å². The van der Waals surface area contributed by atoms with E-state index in [2.05, 4.69) is 9.97 Å². The lowest BCUT2D eigenvalue weighted by molar-refractivity contribution is 0.364. The Balaban J connectivity index is 2.05. The number of fused-ring (bicyclic) bond motifs is 1. The van der Waals surface area contributed by atoms with Gasteiger partial charge in [-0.3, -0.25) is 0 Å². The Morgan fingerprint density at radius 2 is 1.18 bits per heavy atom. The first kappa shape index (κ1) is 18.4. The fraction of sp³-hybridized carbons (Fsp3) is 0. The van der Waals surface area contributed by atoms with Crippen LogP contribution in [-0.2, 0) is 0 Å². The number of hydrogen-bond donors (Lipinski definition) is 0. The van der Waals surface area contributed by atoms with Gasteiger partial charge in [-0.25, -0.2) is 9.97 Å². The van der Waals surface area contributed by atoms with Gasteiger partial charge in [0.1, 0.15) is 4.90 Å². The molecule has 0 unspecified atom stereocenters. The number of aromatic nitrogens is 2. The molecule has 3 aromatic carbocycles. The summed E-state index contributed by atoms with van der Waals surface area (Å²) >= 11 is 0. The van der Waals surface area contributed by atoms with Crippen molar-refractivity contribution < 1.29 is 19.4 Å². The van der Waals surface area contributed by atoms with Crippen LogP contribution in [0, 0.1) is 0 Å². The average molecular weight is 408 g/mol. The smallest absolute Gasteiger partial charge is 0.228 e. The standard InChI is InChI=1S/C20H13F5N2S/c21-28(22,23,24,25)16-11-12-18-17(13-16)19(14-7-3-1-4-8-14)27-20(26-18)15-9-5-2-6-10-15/h1-13H. The van der Waals surface area contributed by atoms with Gasteiger partial charge >= 0.3 is 10.2 Å². The number of rotatable bonds is 3. The maximum Gasteiger partial charge on any atom is 0.310 e. The molecule has 0 aliphatic carbocycles. The van der Waals surface area contributed by atoms with E-state index in [0.29, 0.717) is 29.1 Å². The van der Waals surface area contributed by atoms with Crippen molar-refractivity contribution in [3.8, 4) is 22.6 Å². The minimum atomic E-state index is -9.83. The zero-order chi connectivity index (χ0) is 20.1. The number of nitrogens with zero attached hydrogens (tertiary/aromatic N) is 2. The van der Waals surface area contributed by atoms with Crippen molar-refractivity contribution in [1.29, 1.82) is 0 Å². The first-order chi connectivity index (χ1) is 13.0. The fourth-order valence-corrected chi connectivity index (χ4v) is 3.55. The molecule has 0 saturated heterocycles. The molecule has 0 radical (unpaired) electrons. The Morgan fingerprint density at radius 1 is 0.607 bits per heavy atom. The Morgan fingerprint density at radius 3 is 1.75 bits per heavy atom. The quantitative estimate of drug-likeness (QED) is 0.326. The lowest BCUT2D eigenvalue weighted by atomic mass is 10.1. The van der Waals surface area contributed by atoms with Crippen LogP contribution in [0.5, 0.6) is 0 Å². The third kappa shape index (κ3) is 3.55. The molecule has 0 bridgehead atoms. The zero-order valence-corrected chi connectivity index (χ0v) is 15.0. The zero-order valence-electron chi connectivity index (χ0n) is 14.2. The van der Waals surface area contributed by atoms with E-state index in [4.69, 9.17) is 0 Å². The predicted octanol–water partition coefficient (Wildman–Crippen LogP) is 7.62. The van der Waals surface area contributed by atoms with E-state index in [-0.39, 0.29) is 16.6 Å². The molecule has 8 heteroatoms. The van der Waals surface area contributed by atoms with E-state index >= 15 is 0 Å². The summed E-state index contributed by atoms with van der Waals surface area (Å²) in [5, 5.41) is -0.0865. The molecule has 0 aliphatic rings. The lowest BCUT2D eigenvalue weighted by Gasteiger charge is -2.40. The normalized spacial score (nSPS) is 14.5. The molecule has 4 aromatic rings. The molecular weight excluding hydrogens is 395 g/mol. The van der Waals surface area contributed by atoms with Crippen molar-refractivity contribution >= 4 is 21.1 Å². The van der Waals surface area contributed by atoms with Crippen LogP contribution in [-0.4, -0.2) is 9.97 Å². The second-order valence-electron chi connectivity index (χ2n) is 6.28. The van der Waals surface area contributed by atoms with E-state index < -0.39 is 15.1 Å². The maximum absolute atomic E-state index is 13.3. The van der Waals surface area contributed by atoms with Crippen LogP contribution < -0.4 is 0 Å². The molecule has 0 spiro atoms. The van der Waals surface area contributed by atoms with Gasteiger partial charge in [0.2, 0.25) is 0 Å². The van der Waals surface area contributed by atoms with E-state index in [1.807, 2.05) is 6.07 Å². The van der Waals surface area contributed by atoms with Gasteiger partial charge in [0, 0.05) is 16.5 Å². The van der Waals surface area contributed by atoms with E-state index in [0.717, 1.165) is 6.07 Å². The summed E-state index contributed by atoms with van der Waals surface area (Å²) < 4.78 is 66.6. The molecule has 0 saturated carbocycles. The van der Waals surface area contributed by atoms with Gasteiger partial charge < -0.3 is 0 Å². The van der Waals surface area contributed by atoms with Crippen LogP contribution in [0.15, 0.2) is 83.8 Å². The molecule has 4 rings (SSSR count). The summed E-state index contributed by atoms with van der Waals surface area (Å²) in [4.78, 5) is 6.73. The Labute approximate surface area is 157 Å². The third-order valence-corrected chi connectivity index (χ3v) is 5.34. The van der Waals surface area contributed by atoms with E-state index in [1.54, 1.807) is 54.6 Å². The fourth-order valence-electron chi connectivity index (χ4n) is 2.88. The summed E-state index contributed by atoms with van der Waals surface area (Å²) in [5.74, 6) is 0.298. The van der Waals surface area contributed by atoms with Crippen LogP contribution in [0.1, 0.15) is 0 Å². The molecule has 1 aromatic heterocycles. The monoisotopic (exact) mass is 408 g/mol. The van der Waals surface area contributed by atoms with Gasteiger partial charge in [-0.1, -0.05) is 80.1 Å². The molecule has 28 heavy (non-hydrogen) atoms. The molecule has 2 nitrogen and oxygen atoms in total. The summed E-state index contributed by atoms with van der Waals surface area (Å²) in [6.45, 7) is 0. The Kier molecular flexibility index (Phi) is 3.61. The first-order valence-corrected chi connectivity index (χ1v) is 10.1. The summed E-state index contributed by atoms with van der Waals surface area (Å²) in [6.07, 6.45) is 0. The highest BCUT2D eigenvalue weighted by molar-refractivity contribution is 8.45. The summed E-state index contributed by atoms with van der Waals surface area (Å²) in [7, 11) is -9.83. The van der Waals surface area contributed by atoms with Crippen LogP contribution in [0.2, 0.25) is 0 Å². The van der Waals surface area contributed by atoms with Crippen molar-refractivity contribution in [2.24, 2.45) is 0 Å². The molecule has 0 fully saturated rings. The van der Waals surface area contributed by atoms with Gasteiger partial charge in [0.25, 0.3) is 0 Å². The number of halogens is 5. The van der Waals surface area contributed by atoms with Crippen molar-refractivity contribution in [2.75, 3.05) is 0 Å². The highest BCUT2D eigenvalue weighted by Gasteiger charge is 2.65. The molecular formula is C20H13F5N2S. The molecule has 0 N–H and O–H groups in total. The van der Waals surface area contributed by atoms with Crippen LogP contribution in [0.4, 0.5) is 19.4 Å². The minimum absolute atomic E-state index is 0.0865. The summed E-state index contributed by atoms with van der Waals surface area (Å²) in [6, 6.07) is 19.1. The molecule has 0 atom stereocenters. The van der Waals surface area contributed by atoms with Crippen molar-refractivity contribution in [3.63, 3.8) is 0 Å². The van der Waals surface area contributed by atoms with Gasteiger partial charge in [-0.05, 0) is 18.2 Å². The lowest BCUT2D eigenvalue weighted by Crippen LogP contribution is -2.06. The Bertz CT molecular complexity index is 1180. The highest BCUT2D eigenvalue weighted by Crippen LogP contribution is 3.02. The van der Waals surface area contributed by atoms with Gasteiger partial charge in [-0.15, -0.1) is 0 Å². The first-order valence-electron chi connectivity index (χ1n) is 8.18. The largest absolute Gasteiger partial charge is 0.310 e. The highest BCUT2D eigenvalue weighted by atomic mass is 32.5. The molecule has 0 aliphatic heterocycles. The van der Waals surface area contributed by atoms with Gasteiger partial charge in [0.05, 0.1) is 11.2 Å².